The summed E-state index contributed by atoms with van der Waals surface area (Å²) in [6.07, 6.45) is 2.24. The molecule has 0 saturated heterocycles. The minimum Gasteiger partial charge on any atom is -0.494 e. The van der Waals surface area contributed by atoms with E-state index in [2.05, 4.69) is 10.1 Å². The second-order valence-corrected chi connectivity index (χ2v) is 3.60. The van der Waals surface area contributed by atoms with E-state index in [4.69, 9.17) is 10.00 Å². The second-order valence-electron chi connectivity index (χ2n) is 3.60. The van der Waals surface area contributed by atoms with Crippen LogP contribution in [0.25, 0.3) is 0 Å². The molecule has 1 heterocycles. The summed E-state index contributed by atoms with van der Waals surface area (Å²) in [5.74, 6) is 0.510. The third-order valence-corrected chi connectivity index (χ3v) is 2.25. The van der Waals surface area contributed by atoms with Crippen LogP contribution in [0.3, 0.4) is 0 Å². The number of rotatable bonds is 5. The fourth-order valence-electron chi connectivity index (χ4n) is 1.40. The van der Waals surface area contributed by atoms with Crippen molar-refractivity contribution in [1.82, 2.24) is 14.8 Å². The van der Waals surface area contributed by atoms with E-state index >= 15 is 0 Å². The van der Waals surface area contributed by atoms with Crippen LogP contribution in [0, 0.1) is 17.1 Å². The van der Waals surface area contributed by atoms with Gasteiger partial charge in [0.05, 0.1) is 6.61 Å². The first-order valence-electron chi connectivity index (χ1n) is 5.46. The first-order valence-corrected chi connectivity index (χ1v) is 5.46. The Bertz CT molecular complexity index is 544. The Balaban J connectivity index is 1.73. The Hall–Kier alpha value is -2.42. The van der Waals surface area contributed by atoms with E-state index < -0.39 is 0 Å². The van der Waals surface area contributed by atoms with Crippen LogP contribution < -0.4 is 4.74 Å². The van der Waals surface area contributed by atoms with E-state index in [1.165, 1.54) is 18.5 Å². The molecule has 0 aliphatic heterocycles. The van der Waals surface area contributed by atoms with Gasteiger partial charge in [0.25, 0.3) is 5.82 Å². The van der Waals surface area contributed by atoms with E-state index in [0.29, 0.717) is 18.9 Å². The minimum atomic E-state index is -0.283. The van der Waals surface area contributed by atoms with Crippen LogP contribution in [-0.4, -0.2) is 21.4 Å². The summed E-state index contributed by atoms with van der Waals surface area (Å²) in [6, 6.07) is 7.73. The highest BCUT2D eigenvalue weighted by molar-refractivity contribution is 5.21. The van der Waals surface area contributed by atoms with Crippen molar-refractivity contribution in [1.29, 1.82) is 5.26 Å². The topological polar surface area (TPSA) is 63.7 Å². The van der Waals surface area contributed by atoms with Crippen LogP contribution in [0.15, 0.2) is 30.6 Å². The molecule has 1 aromatic heterocycles. The fraction of sp³-hybridized carbons (Fsp3) is 0.250. The zero-order valence-electron chi connectivity index (χ0n) is 9.58. The number of ether oxygens (including phenoxy) is 1. The standard InChI is InChI=1S/C12H11FN4O/c13-10-2-4-11(5-3-10)18-7-1-6-17-9-15-12(8-14)16-17/h2-5,9H,1,6-7H2. The quantitative estimate of drug-likeness (QED) is 0.754. The maximum Gasteiger partial charge on any atom is 0.252 e. The van der Waals surface area contributed by atoms with Gasteiger partial charge in [-0.1, -0.05) is 0 Å². The largest absolute Gasteiger partial charge is 0.494 e. The summed E-state index contributed by atoms with van der Waals surface area (Å²) in [4.78, 5) is 3.79. The average molecular weight is 246 g/mol. The molecule has 0 spiro atoms. The van der Waals surface area contributed by atoms with E-state index in [1.54, 1.807) is 16.8 Å². The van der Waals surface area contributed by atoms with Gasteiger partial charge in [-0.25, -0.2) is 9.37 Å². The molecule has 0 amide bonds. The molecule has 2 rings (SSSR count). The van der Waals surface area contributed by atoms with E-state index in [0.717, 1.165) is 6.42 Å². The number of benzene rings is 1. The molecule has 0 saturated carbocycles. The molecular formula is C12H11FN4O. The Kier molecular flexibility index (Phi) is 3.86. The van der Waals surface area contributed by atoms with Crippen LogP contribution in [-0.2, 0) is 6.54 Å². The lowest BCUT2D eigenvalue weighted by Crippen LogP contribution is -2.05. The molecule has 0 aliphatic carbocycles. The zero-order chi connectivity index (χ0) is 12.8. The highest BCUT2D eigenvalue weighted by atomic mass is 19.1. The molecule has 1 aromatic carbocycles. The highest BCUT2D eigenvalue weighted by Gasteiger charge is 1.99. The van der Waals surface area contributed by atoms with Gasteiger partial charge in [-0.2, -0.15) is 5.26 Å². The number of nitrogens with zero attached hydrogens (tertiary/aromatic N) is 4. The van der Waals surface area contributed by atoms with Gasteiger partial charge in [0.1, 0.15) is 24.0 Å². The third-order valence-electron chi connectivity index (χ3n) is 2.25. The zero-order valence-corrected chi connectivity index (χ0v) is 9.58. The molecule has 0 aliphatic rings. The van der Waals surface area contributed by atoms with Gasteiger partial charge in [-0.05, 0) is 24.3 Å². The normalized spacial score (nSPS) is 10.0. The number of aryl methyl sites for hydroxylation is 1. The van der Waals surface area contributed by atoms with Crippen molar-refractivity contribution in [3.05, 3.63) is 42.2 Å². The van der Waals surface area contributed by atoms with Crippen molar-refractivity contribution in [3.8, 4) is 11.8 Å². The van der Waals surface area contributed by atoms with Crippen LogP contribution >= 0.6 is 0 Å². The maximum atomic E-state index is 12.6. The number of aromatic nitrogens is 3. The predicted molar refractivity (Wildman–Crippen MR) is 61.2 cm³/mol. The molecule has 5 nitrogen and oxygen atoms in total. The smallest absolute Gasteiger partial charge is 0.252 e. The average Bonchev–Trinajstić information content (AvgIpc) is 2.85. The van der Waals surface area contributed by atoms with Crippen molar-refractivity contribution < 1.29 is 9.13 Å². The van der Waals surface area contributed by atoms with E-state index in [9.17, 15) is 4.39 Å². The Morgan fingerprint density at radius 3 is 2.78 bits per heavy atom. The van der Waals surface area contributed by atoms with Gasteiger partial charge >= 0.3 is 0 Å². The second kappa shape index (κ2) is 5.77. The van der Waals surface area contributed by atoms with E-state index in [1.807, 2.05) is 6.07 Å². The summed E-state index contributed by atoms with van der Waals surface area (Å²) >= 11 is 0. The Labute approximate surface area is 103 Å². The predicted octanol–water partition coefficient (Wildman–Crippen LogP) is 1.76. The lowest BCUT2D eigenvalue weighted by molar-refractivity contribution is 0.298. The summed E-state index contributed by atoms with van der Waals surface area (Å²) in [5.41, 5.74) is 0. The summed E-state index contributed by atoms with van der Waals surface area (Å²) in [5, 5.41) is 12.5. The molecule has 0 fully saturated rings. The Morgan fingerprint density at radius 2 is 2.11 bits per heavy atom. The van der Waals surface area contributed by atoms with Crippen molar-refractivity contribution in [2.24, 2.45) is 0 Å². The SMILES string of the molecule is N#Cc1ncn(CCCOc2ccc(F)cc2)n1. The van der Waals surface area contributed by atoms with Gasteiger partial charge in [0.2, 0.25) is 0 Å². The van der Waals surface area contributed by atoms with Crippen LogP contribution in [0.2, 0.25) is 0 Å². The molecule has 0 bridgehead atoms. The third kappa shape index (κ3) is 3.28. The van der Waals surface area contributed by atoms with E-state index in [-0.39, 0.29) is 11.6 Å². The number of hydrogen-bond donors (Lipinski definition) is 0. The van der Waals surface area contributed by atoms with Gasteiger partial charge in [-0.3, -0.25) is 4.68 Å². The summed E-state index contributed by atoms with van der Waals surface area (Å²) in [6.45, 7) is 1.11. The maximum absolute atomic E-state index is 12.6. The highest BCUT2D eigenvalue weighted by Crippen LogP contribution is 2.11. The summed E-state index contributed by atoms with van der Waals surface area (Å²) in [7, 11) is 0. The van der Waals surface area contributed by atoms with Gasteiger partial charge in [-0.15, -0.1) is 5.10 Å². The van der Waals surface area contributed by atoms with Crippen LogP contribution in [0.5, 0.6) is 5.75 Å². The monoisotopic (exact) mass is 246 g/mol. The summed E-state index contributed by atoms with van der Waals surface area (Å²) < 4.78 is 19.6. The fourth-order valence-corrected chi connectivity index (χ4v) is 1.40. The van der Waals surface area contributed by atoms with Gasteiger partial charge < -0.3 is 4.74 Å². The van der Waals surface area contributed by atoms with Crippen molar-refractivity contribution in [2.75, 3.05) is 6.61 Å². The lowest BCUT2D eigenvalue weighted by atomic mass is 10.3. The molecule has 0 N–H and O–H groups in total. The molecule has 92 valence electrons. The van der Waals surface area contributed by atoms with Crippen LogP contribution in [0.4, 0.5) is 4.39 Å². The molecule has 0 atom stereocenters. The molecule has 2 aromatic rings. The molecular weight excluding hydrogens is 235 g/mol. The molecule has 0 unspecified atom stereocenters. The van der Waals surface area contributed by atoms with Crippen molar-refractivity contribution >= 4 is 0 Å². The number of hydrogen-bond acceptors (Lipinski definition) is 4. The van der Waals surface area contributed by atoms with Crippen LogP contribution in [0.1, 0.15) is 12.2 Å². The Morgan fingerprint density at radius 1 is 1.33 bits per heavy atom. The van der Waals surface area contributed by atoms with Gasteiger partial charge in [0.15, 0.2) is 0 Å². The first-order chi connectivity index (χ1) is 8.78. The number of nitriles is 1. The molecule has 6 heteroatoms. The molecule has 0 radical (unpaired) electrons. The minimum absolute atomic E-state index is 0.162. The lowest BCUT2D eigenvalue weighted by Gasteiger charge is -2.05. The van der Waals surface area contributed by atoms with Gasteiger partial charge in [0, 0.05) is 13.0 Å². The van der Waals surface area contributed by atoms with Crippen molar-refractivity contribution in [2.45, 2.75) is 13.0 Å². The van der Waals surface area contributed by atoms with Crippen molar-refractivity contribution in [3.63, 3.8) is 0 Å². The number of halogens is 1. The molecule has 18 heavy (non-hydrogen) atoms. The first kappa shape index (κ1) is 12.0.